The van der Waals surface area contributed by atoms with Crippen molar-refractivity contribution in [2.75, 3.05) is 17.4 Å². The number of carbonyl (C=O) groups is 1. The first-order chi connectivity index (χ1) is 10.7. The molecule has 0 aromatic carbocycles. The highest BCUT2D eigenvalue weighted by molar-refractivity contribution is 7.09. The van der Waals surface area contributed by atoms with Crippen molar-refractivity contribution >= 4 is 34.5 Å². The lowest BCUT2D eigenvalue weighted by atomic mass is 10.3. The van der Waals surface area contributed by atoms with Gasteiger partial charge in [-0.1, -0.05) is 6.92 Å². The zero-order valence-corrected chi connectivity index (χ0v) is 13.9. The molecule has 0 bridgehead atoms. The molecule has 1 aliphatic heterocycles. The molecule has 3 heterocycles. The van der Waals surface area contributed by atoms with Crippen molar-refractivity contribution in [2.45, 2.75) is 32.9 Å². The third-order valence-corrected chi connectivity index (χ3v) is 4.72. The maximum atomic E-state index is 12.3. The van der Waals surface area contributed by atoms with Crippen molar-refractivity contribution in [1.29, 1.82) is 0 Å². The van der Waals surface area contributed by atoms with Gasteiger partial charge in [0.25, 0.3) is 0 Å². The van der Waals surface area contributed by atoms with Crippen molar-refractivity contribution < 1.29 is 9.53 Å². The van der Waals surface area contributed by atoms with Gasteiger partial charge in [-0.3, -0.25) is 9.69 Å². The van der Waals surface area contributed by atoms with E-state index in [-0.39, 0.29) is 11.8 Å². The normalized spacial score (nSPS) is 13.5. The minimum atomic E-state index is -0.183. The van der Waals surface area contributed by atoms with E-state index < -0.39 is 0 Å². The highest BCUT2D eigenvalue weighted by atomic mass is 35.5. The fourth-order valence-electron chi connectivity index (χ4n) is 2.37. The first-order valence-corrected chi connectivity index (χ1v) is 8.62. The molecule has 0 N–H and O–H groups in total. The topological polar surface area (TPSA) is 60.2 Å². The Bertz CT molecular complexity index is 670. The van der Waals surface area contributed by atoms with Gasteiger partial charge in [-0.05, 0) is 6.42 Å². The number of alkyl halides is 1. The minimum absolute atomic E-state index is 0.0879. The highest BCUT2D eigenvalue weighted by Crippen LogP contribution is 2.32. The van der Waals surface area contributed by atoms with E-state index in [9.17, 15) is 4.79 Å². The first-order valence-electron chi connectivity index (χ1n) is 7.21. The molecule has 0 spiro atoms. The predicted molar refractivity (Wildman–Crippen MR) is 85.7 cm³/mol. The maximum absolute atomic E-state index is 12.3. The Kier molecular flexibility index (Phi) is 4.63. The number of halogens is 1. The Labute approximate surface area is 137 Å². The van der Waals surface area contributed by atoms with Gasteiger partial charge in [-0.2, -0.15) is 5.10 Å². The number of ether oxygens (including phenoxy) is 1. The number of rotatable bonds is 5. The summed E-state index contributed by atoms with van der Waals surface area (Å²) in [7, 11) is 0. The van der Waals surface area contributed by atoms with Gasteiger partial charge in [0.15, 0.2) is 0 Å². The van der Waals surface area contributed by atoms with Gasteiger partial charge in [0.05, 0.1) is 30.1 Å². The largest absolute Gasteiger partial charge is 0.476 e. The number of hydrogen-bond donors (Lipinski definition) is 0. The summed E-state index contributed by atoms with van der Waals surface area (Å²) in [5.74, 6) is 0.364. The summed E-state index contributed by atoms with van der Waals surface area (Å²) in [5.41, 5.74) is 1.52. The van der Waals surface area contributed by atoms with Crippen LogP contribution in [0.1, 0.15) is 24.0 Å². The van der Waals surface area contributed by atoms with Crippen molar-refractivity contribution in [3.05, 3.63) is 22.3 Å². The van der Waals surface area contributed by atoms with Gasteiger partial charge >= 0.3 is 0 Å². The van der Waals surface area contributed by atoms with Crippen LogP contribution in [0.4, 0.5) is 5.69 Å². The summed E-state index contributed by atoms with van der Waals surface area (Å²) in [5, 5.41) is 7.33. The van der Waals surface area contributed by atoms with E-state index in [2.05, 4.69) is 17.0 Å². The minimum Gasteiger partial charge on any atom is -0.476 e. The van der Waals surface area contributed by atoms with Crippen LogP contribution in [0.5, 0.6) is 5.88 Å². The van der Waals surface area contributed by atoms with Crippen LogP contribution in [0.3, 0.4) is 0 Å². The number of carbonyl (C=O) groups excluding carboxylic acids is 1. The summed E-state index contributed by atoms with van der Waals surface area (Å²) in [4.78, 5) is 18.4. The van der Waals surface area contributed by atoms with E-state index in [4.69, 9.17) is 16.3 Å². The fraction of sp³-hybridized carbons (Fsp3) is 0.500. The van der Waals surface area contributed by atoms with Crippen LogP contribution in [0.15, 0.2) is 11.6 Å². The number of nitrogens with zero attached hydrogens (tertiary/aromatic N) is 4. The molecule has 0 unspecified atom stereocenters. The van der Waals surface area contributed by atoms with Crippen LogP contribution in [0, 0.1) is 0 Å². The number of amides is 1. The molecule has 0 atom stereocenters. The second-order valence-electron chi connectivity index (χ2n) is 4.96. The monoisotopic (exact) mass is 340 g/mol. The molecule has 6 nitrogen and oxygen atoms in total. The number of aromatic nitrogens is 3. The molecule has 0 aliphatic carbocycles. The van der Waals surface area contributed by atoms with E-state index in [1.54, 1.807) is 27.1 Å². The Morgan fingerprint density at radius 1 is 1.59 bits per heavy atom. The lowest BCUT2D eigenvalue weighted by molar-refractivity contribution is -0.116. The van der Waals surface area contributed by atoms with Crippen molar-refractivity contribution in [3.8, 4) is 5.88 Å². The van der Waals surface area contributed by atoms with Crippen LogP contribution in [0.25, 0.3) is 0 Å². The molecule has 2 aromatic heterocycles. The molecular formula is C14H17ClN4O2S. The van der Waals surface area contributed by atoms with Gasteiger partial charge in [0.1, 0.15) is 11.6 Å². The smallest absolute Gasteiger partial charge is 0.242 e. The molecule has 1 aliphatic rings. The summed E-state index contributed by atoms with van der Waals surface area (Å²) in [6.45, 7) is 3.88. The van der Waals surface area contributed by atoms with Crippen LogP contribution >= 0.6 is 22.9 Å². The van der Waals surface area contributed by atoms with Crippen LogP contribution in [-0.2, 0) is 24.3 Å². The average Bonchev–Trinajstić information content (AvgIpc) is 3.18. The molecule has 3 rings (SSSR count). The molecule has 0 saturated heterocycles. The Morgan fingerprint density at radius 2 is 2.45 bits per heavy atom. The molecule has 118 valence electrons. The molecular weight excluding hydrogens is 324 g/mol. The first kappa shape index (κ1) is 15.3. The molecule has 1 amide bonds. The average molecular weight is 341 g/mol. The molecule has 0 fully saturated rings. The fourth-order valence-corrected chi connectivity index (χ4v) is 3.25. The molecule has 8 heteroatoms. The second kappa shape index (κ2) is 6.66. The van der Waals surface area contributed by atoms with E-state index in [0.717, 1.165) is 30.1 Å². The highest BCUT2D eigenvalue weighted by Gasteiger charge is 2.25. The number of fused-ring (bicyclic) bond motifs is 1. The molecule has 0 saturated carbocycles. The number of aryl methyl sites for hydroxylation is 2. The van der Waals surface area contributed by atoms with E-state index in [1.807, 2.05) is 5.38 Å². The third-order valence-electron chi connectivity index (χ3n) is 3.45. The van der Waals surface area contributed by atoms with Gasteiger partial charge < -0.3 is 4.74 Å². The lowest BCUT2D eigenvalue weighted by Gasteiger charge is -2.23. The van der Waals surface area contributed by atoms with E-state index in [1.165, 1.54) is 0 Å². The zero-order chi connectivity index (χ0) is 15.5. The third kappa shape index (κ3) is 2.96. The zero-order valence-electron chi connectivity index (χ0n) is 12.3. The second-order valence-corrected chi connectivity index (χ2v) is 6.17. The van der Waals surface area contributed by atoms with Crippen LogP contribution in [-0.4, -0.2) is 33.2 Å². The number of hydrogen-bond acceptors (Lipinski definition) is 5. The number of thiazole rings is 1. The predicted octanol–water partition coefficient (Wildman–Crippen LogP) is 2.46. The van der Waals surface area contributed by atoms with Crippen molar-refractivity contribution in [2.24, 2.45) is 0 Å². The summed E-state index contributed by atoms with van der Waals surface area (Å²) < 4.78 is 7.46. The van der Waals surface area contributed by atoms with Crippen LogP contribution in [0.2, 0.25) is 0 Å². The van der Waals surface area contributed by atoms with Gasteiger partial charge in [-0.15, -0.1) is 22.9 Å². The summed E-state index contributed by atoms with van der Waals surface area (Å²) >= 11 is 7.37. The Balaban J connectivity index is 1.89. The molecule has 0 radical (unpaired) electrons. The molecule has 22 heavy (non-hydrogen) atoms. The van der Waals surface area contributed by atoms with E-state index >= 15 is 0 Å². The standard InChI is InChI=1S/C14H17ClN4O2S/c1-2-12-17-10(9-22-12)8-18(13(20)6-15)11-7-16-19-4-3-5-21-14(11)19/h7,9H,2-6,8H2,1H3. The van der Waals surface area contributed by atoms with Gasteiger partial charge in [-0.25, -0.2) is 9.67 Å². The summed E-state index contributed by atoms with van der Waals surface area (Å²) in [6, 6.07) is 0. The van der Waals surface area contributed by atoms with Gasteiger partial charge in [0, 0.05) is 18.3 Å². The molecule has 2 aromatic rings. The van der Waals surface area contributed by atoms with Crippen molar-refractivity contribution in [3.63, 3.8) is 0 Å². The van der Waals surface area contributed by atoms with Crippen molar-refractivity contribution in [1.82, 2.24) is 14.8 Å². The summed E-state index contributed by atoms with van der Waals surface area (Å²) in [6.07, 6.45) is 3.47. The maximum Gasteiger partial charge on any atom is 0.242 e. The number of anilines is 1. The van der Waals surface area contributed by atoms with E-state index in [0.29, 0.717) is 24.7 Å². The quantitative estimate of drug-likeness (QED) is 0.784. The Hall–Kier alpha value is -1.60. The Morgan fingerprint density at radius 3 is 3.18 bits per heavy atom. The SMILES string of the molecule is CCc1nc(CN(C(=O)CCl)c2cnn3c2OCCC3)cs1. The van der Waals surface area contributed by atoms with Gasteiger partial charge in [0.2, 0.25) is 11.8 Å². The lowest BCUT2D eigenvalue weighted by Crippen LogP contribution is -2.32. The van der Waals surface area contributed by atoms with Crippen LogP contribution < -0.4 is 9.64 Å².